The van der Waals surface area contributed by atoms with Crippen molar-refractivity contribution in [3.8, 4) is 0 Å². The SMILES string of the molecule is CN=C(NC[C@H]1CCCN1S(C)(=O)=O)NC1CCN(Cc2ccccc2)C(C)C1.I. The number of halogens is 1. The second kappa shape index (κ2) is 11.6. The summed E-state index contributed by atoms with van der Waals surface area (Å²) in [4.78, 5) is 6.89. The summed E-state index contributed by atoms with van der Waals surface area (Å²) in [6, 6.07) is 11.5. The fourth-order valence-electron chi connectivity index (χ4n) is 4.46. The summed E-state index contributed by atoms with van der Waals surface area (Å²) < 4.78 is 25.4. The van der Waals surface area contributed by atoms with Crippen LogP contribution in [0.3, 0.4) is 0 Å². The Morgan fingerprint density at radius 3 is 2.57 bits per heavy atom. The topological polar surface area (TPSA) is 77.0 Å². The molecule has 2 fully saturated rings. The number of nitrogens with one attached hydrogen (secondary N) is 2. The molecule has 2 N–H and O–H groups in total. The lowest BCUT2D eigenvalue weighted by Crippen LogP contribution is -2.53. The van der Waals surface area contributed by atoms with Crippen molar-refractivity contribution in [1.82, 2.24) is 19.8 Å². The molecule has 7 nitrogen and oxygen atoms in total. The van der Waals surface area contributed by atoms with Gasteiger partial charge in [0.25, 0.3) is 0 Å². The van der Waals surface area contributed by atoms with Gasteiger partial charge in [0.15, 0.2) is 5.96 Å². The lowest BCUT2D eigenvalue weighted by molar-refractivity contribution is 0.134. The zero-order chi connectivity index (χ0) is 20.9. The van der Waals surface area contributed by atoms with Gasteiger partial charge >= 0.3 is 0 Å². The summed E-state index contributed by atoms with van der Waals surface area (Å²) in [5, 5.41) is 6.89. The van der Waals surface area contributed by atoms with Gasteiger partial charge in [0, 0.05) is 51.4 Å². The van der Waals surface area contributed by atoms with Crippen LogP contribution in [0.25, 0.3) is 0 Å². The summed E-state index contributed by atoms with van der Waals surface area (Å²) in [6.45, 7) is 5.54. The van der Waals surface area contributed by atoms with Gasteiger partial charge in [-0.05, 0) is 38.2 Å². The molecular weight excluding hydrogens is 513 g/mol. The van der Waals surface area contributed by atoms with Crippen LogP contribution in [-0.4, -0.2) is 74.6 Å². The molecule has 0 bridgehead atoms. The number of benzene rings is 1. The highest BCUT2D eigenvalue weighted by molar-refractivity contribution is 14.0. The number of hydrogen-bond donors (Lipinski definition) is 2. The highest BCUT2D eigenvalue weighted by Crippen LogP contribution is 2.21. The number of guanidine groups is 1. The van der Waals surface area contributed by atoms with Crippen molar-refractivity contribution in [2.24, 2.45) is 4.99 Å². The third kappa shape index (κ3) is 7.06. The standard InChI is InChI=1S/C21H35N5O2S.HI/c1-17-14-19(11-13-25(17)16-18-8-5-4-6-9-18)24-21(22-2)23-15-20-10-7-12-26(20)29(3,27)28;/h4-6,8-9,17,19-20H,7,10-16H2,1-3H3,(H2,22,23,24);1H/t17?,19?,20-;/m1./s1. The van der Waals surface area contributed by atoms with E-state index in [-0.39, 0.29) is 30.0 Å². The molecule has 0 aliphatic carbocycles. The predicted octanol–water partition coefficient (Wildman–Crippen LogP) is 2.25. The zero-order valence-corrected chi connectivity index (χ0v) is 21.4. The molecule has 9 heteroatoms. The molecule has 170 valence electrons. The lowest BCUT2D eigenvalue weighted by atomic mass is 9.97. The molecule has 0 saturated carbocycles. The number of nitrogens with zero attached hydrogens (tertiary/aromatic N) is 3. The fraction of sp³-hybridized carbons (Fsp3) is 0.667. The molecule has 3 rings (SSSR count). The molecule has 0 aromatic heterocycles. The molecular formula is C21H36IN5O2S. The van der Waals surface area contributed by atoms with Crippen molar-refractivity contribution < 1.29 is 8.42 Å². The Bertz CT molecular complexity index is 790. The van der Waals surface area contributed by atoms with Gasteiger partial charge in [-0.1, -0.05) is 30.3 Å². The van der Waals surface area contributed by atoms with Gasteiger partial charge in [-0.2, -0.15) is 4.31 Å². The normalized spacial score (nSPS) is 26.2. The molecule has 2 saturated heterocycles. The van der Waals surface area contributed by atoms with Crippen LogP contribution in [0.1, 0.15) is 38.2 Å². The number of aliphatic imine (C=N–C) groups is 1. The van der Waals surface area contributed by atoms with Crippen LogP contribution in [0.5, 0.6) is 0 Å². The van der Waals surface area contributed by atoms with Crippen molar-refractivity contribution in [3.63, 3.8) is 0 Å². The van der Waals surface area contributed by atoms with Crippen molar-refractivity contribution in [1.29, 1.82) is 0 Å². The van der Waals surface area contributed by atoms with Crippen molar-refractivity contribution in [3.05, 3.63) is 35.9 Å². The summed E-state index contributed by atoms with van der Waals surface area (Å²) in [5.74, 6) is 0.763. The minimum atomic E-state index is -3.15. The second-order valence-electron chi connectivity index (χ2n) is 8.29. The molecule has 0 radical (unpaired) electrons. The van der Waals surface area contributed by atoms with E-state index >= 15 is 0 Å². The van der Waals surface area contributed by atoms with Gasteiger partial charge in [0.05, 0.1) is 6.26 Å². The Kier molecular flexibility index (Phi) is 9.83. The Balaban J connectivity index is 0.00000320. The lowest BCUT2D eigenvalue weighted by Gasteiger charge is -2.38. The molecule has 3 atom stereocenters. The van der Waals surface area contributed by atoms with E-state index in [1.54, 1.807) is 11.4 Å². The largest absolute Gasteiger partial charge is 0.355 e. The third-order valence-corrected chi connectivity index (χ3v) is 7.39. The highest BCUT2D eigenvalue weighted by Gasteiger charge is 2.31. The molecule has 2 unspecified atom stereocenters. The monoisotopic (exact) mass is 549 g/mol. The van der Waals surface area contributed by atoms with Gasteiger partial charge < -0.3 is 10.6 Å². The minimum absolute atomic E-state index is 0. The first-order valence-corrected chi connectivity index (χ1v) is 12.4. The van der Waals surface area contributed by atoms with E-state index in [0.29, 0.717) is 25.2 Å². The number of hydrogen-bond acceptors (Lipinski definition) is 4. The van der Waals surface area contributed by atoms with Crippen LogP contribution < -0.4 is 10.6 Å². The number of rotatable bonds is 6. The van der Waals surface area contributed by atoms with Crippen LogP contribution in [0.15, 0.2) is 35.3 Å². The highest BCUT2D eigenvalue weighted by atomic mass is 127. The van der Waals surface area contributed by atoms with E-state index in [1.807, 2.05) is 0 Å². The number of likely N-dealkylation sites (tertiary alicyclic amines) is 1. The molecule has 0 amide bonds. The Hall–Kier alpha value is -0.910. The van der Waals surface area contributed by atoms with Crippen molar-refractivity contribution in [2.45, 2.75) is 57.3 Å². The summed E-state index contributed by atoms with van der Waals surface area (Å²) >= 11 is 0. The third-order valence-electron chi connectivity index (χ3n) is 6.06. The van der Waals surface area contributed by atoms with E-state index in [0.717, 1.165) is 44.7 Å². The molecule has 2 aliphatic rings. The van der Waals surface area contributed by atoms with Gasteiger partial charge in [-0.3, -0.25) is 9.89 Å². The van der Waals surface area contributed by atoms with Gasteiger partial charge in [-0.15, -0.1) is 24.0 Å². The molecule has 1 aromatic carbocycles. The van der Waals surface area contributed by atoms with Crippen LogP contribution >= 0.6 is 24.0 Å². The molecule has 1 aromatic rings. The van der Waals surface area contributed by atoms with Gasteiger partial charge in [0.1, 0.15) is 0 Å². The maximum atomic E-state index is 11.9. The zero-order valence-electron chi connectivity index (χ0n) is 18.3. The smallest absolute Gasteiger partial charge is 0.211 e. The molecule has 2 heterocycles. The van der Waals surface area contributed by atoms with E-state index in [9.17, 15) is 8.42 Å². The van der Waals surface area contributed by atoms with Crippen LogP contribution in [0, 0.1) is 0 Å². The van der Waals surface area contributed by atoms with Crippen molar-refractivity contribution in [2.75, 3.05) is 32.9 Å². The first kappa shape index (κ1) is 25.4. The summed E-state index contributed by atoms with van der Waals surface area (Å²) in [5.41, 5.74) is 1.36. The summed E-state index contributed by atoms with van der Waals surface area (Å²) in [6.07, 6.45) is 5.24. The quantitative estimate of drug-likeness (QED) is 0.324. The van der Waals surface area contributed by atoms with Gasteiger partial charge in [-0.25, -0.2) is 8.42 Å². The van der Waals surface area contributed by atoms with Crippen LogP contribution in [-0.2, 0) is 16.6 Å². The second-order valence-corrected chi connectivity index (χ2v) is 10.2. The molecule has 30 heavy (non-hydrogen) atoms. The Labute approximate surface area is 198 Å². The fourth-order valence-corrected chi connectivity index (χ4v) is 5.64. The van der Waals surface area contributed by atoms with Crippen molar-refractivity contribution >= 4 is 40.0 Å². The Morgan fingerprint density at radius 1 is 1.20 bits per heavy atom. The molecule has 2 aliphatic heterocycles. The maximum Gasteiger partial charge on any atom is 0.211 e. The van der Waals surface area contributed by atoms with Crippen LogP contribution in [0.4, 0.5) is 0 Å². The van der Waals surface area contributed by atoms with E-state index in [2.05, 4.69) is 57.8 Å². The number of sulfonamides is 1. The van der Waals surface area contributed by atoms with E-state index in [1.165, 1.54) is 11.8 Å². The van der Waals surface area contributed by atoms with Gasteiger partial charge in [0.2, 0.25) is 10.0 Å². The molecule has 0 spiro atoms. The van der Waals surface area contributed by atoms with E-state index in [4.69, 9.17) is 0 Å². The predicted molar refractivity (Wildman–Crippen MR) is 134 cm³/mol. The maximum absolute atomic E-state index is 11.9. The first-order valence-electron chi connectivity index (χ1n) is 10.6. The summed E-state index contributed by atoms with van der Waals surface area (Å²) in [7, 11) is -1.38. The number of piperidine rings is 1. The van der Waals surface area contributed by atoms with E-state index < -0.39 is 10.0 Å². The minimum Gasteiger partial charge on any atom is -0.355 e. The average Bonchev–Trinajstić information content (AvgIpc) is 3.17. The first-order chi connectivity index (χ1) is 13.9. The Morgan fingerprint density at radius 2 is 1.93 bits per heavy atom. The average molecular weight is 550 g/mol. The van der Waals surface area contributed by atoms with Crippen LogP contribution in [0.2, 0.25) is 0 Å².